The fourth-order valence-corrected chi connectivity index (χ4v) is 4.82. The topological polar surface area (TPSA) is 137 Å². The largest absolute Gasteiger partial charge is 0.366 e. The number of hydrogen-bond acceptors (Lipinski definition) is 6. The van der Waals surface area contributed by atoms with Crippen molar-refractivity contribution in [3.63, 3.8) is 0 Å². The standard InChI is InChI=1S/C21H26N6O3/c22-9-15-2-1-7-26(15)20(29)17(23)12-25-11-16-8-18(25)21(30)27(16)10-13-3-5-14(6-4-13)19(24)28/h3-6,15-18H,1-2,7-8,10-12,23H2,(H2,24,28)/t15-,16+,17-,18+/m0/s1. The number of amides is 3. The summed E-state index contributed by atoms with van der Waals surface area (Å²) in [7, 11) is 0. The lowest BCUT2D eigenvalue weighted by molar-refractivity contribution is -0.139. The zero-order valence-electron chi connectivity index (χ0n) is 16.7. The molecular formula is C21H26N6O3. The number of piperazine rings is 1. The summed E-state index contributed by atoms with van der Waals surface area (Å²) in [5.41, 5.74) is 12.8. The van der Waals surface area contributed by atoms with Gasteiger partial charge in [0.25, 0.3) is 0 Å². The Morgan fingerprint density at radius 3 is 2.63 bits per heavy atom. The Morgan fingerprint density at radius 1 is 1.27 bits per heavy atom. The lowest BCUT2D eigenvalue weighted by atomic mass is 10.1. The molecule has 4 rings (SSSR count). The zero-order valence-corrected chi connectivity index (χ0v) is 16.7. The molecule has 9 heteroatoms. The molecule has 158 valence electrons. The maximum absolute atomic E-state index is 12.9. The molecule has 0 unspecified atom stereocenters. The molecule has 0 aromatic heterocycles. The van der Waals surface area contributed by atoms with E-state index in [4.69, 9.17) is 11.5 Å². The normalized spacial score (nSPS) is 26.8. The Hall–Kier alpha value is -2.96. The molecule has 2 bridgehead atoms. The molecule has 0 saturated carbocycles. The summed E-state index contributed by atoms with van der Waals surface area (Å²) in [6.45, 7) is 2.05. The van der Waals surface area contributed by atoms with Crippen LogP contribution >= 0.6 is 0 Å². The van der Waals surface area contributed by atoms with Gasteiger partial charge in [0.15, 0.2) is 0 Å². The van der Waals surface area contributed by atoms with Gasteiger partial charge in [-0.25, -0.2) is 0 Å². The summed E-state index contributed by atoms with van der Waals surface area (Å²) in [6.07, 6.45) is 2.24. The smallest absolute Gasteiger partial charge is 0.248 e. The molecule has 4 N–H and O–H groups in total. The number of likely N-dealkylation sites (tertiary alicyclic amines) is 3. The molecule has 0 aliphatic carbocycles. The number of carbonyl (C=O) groups excluding carboxylic acids is 3. The summed E-state index contributed by atoms with van der Waals surface area (Å²) in [6, 6.07) is 7.82. The van der Waals surface area contributed by atoms with Crippen LogP contribution in [0.1, 0.15) is 35.2 Å². The van der Waals surface area contributed by atoms with Crippen molar-refractivity contribution in [1.82, 2.24) is 14.7 Å². The first-order valence-corrected chi connectivity index (χ1v) is 10.3. The number of hydrogen-bond donors (Lipinski definition) is 2. The van der Waals surface area contributed by atoms with Crippen molar-refractivity contribution in [3.05, 3.63) is 35.4 Å². The van der Waals surface area contributed by atoms with Gasteiger partial charge in [0.2, 0.25) is 17.7 Å². The van der Waals surface area contributed by atoms with Crippen LogP contribution in [-0.2, 0) is 16.1 Å². The molecule has 3 aliphatic heterocycles. The fraction of sp³-hybridized carbons (Fsp3) is 0.524. The number of carbonyl (C=O) groups is 3. The molecule has 3 aliphatic rings. The van der Waals surface area contributed by atoms with Crippen LogP contribution in [0.5, 0.6) is 0 Å². The Labute approximate surface area is 175 Å². The number of rotatable bonds is 6. The third kappa shape index (κ3) is 3.64. The number of nitrogens with zero attached hydrogens (tertiary/aromatic N) is 4. The Kier molecular flexibility index (Phi) is 5.45. The SMILES string of the molecule is N#C[C@@H]1CCCN1C(=O)[C@@H](N)CN1C[C@H]2C[C@@H]1C(=O)N2Cc1ccc(C(N)=O)cc1. The predicted molar refractivity (Wildman–Crippen MR) is 108 cm³/mol. The third-order valence-electron chi connectivity index (χ3n) is 6.41. The number of nitriles is 1. The summed E-state index contributed by atoms with van der Waals surface area (Å²) >= 11 is 0. The van der Waals surface area contributed by atoms with Crippen LogP contribution < -0.4 is 11.5 Å². The first-order chi connectivity index (χ1) is 14.4. The van der Waals surface area contributed by atoms with Crippen LogP contribution in [0.3, 0.4) is 0 Å². The van der Waals surface area contributed by atoms with Crippen LogP contribution in [0.4, 0.5) is 0 Å². The molecule has 0 spiro atoms. The molecule has 9 nitrogen and oxygen atoms in total. The Morgan fingerprint density at radius 2 is 2.00 bits per heavy atom. The highest BCUT2D eigenvalue weighted by Gasteiger charge is 2.50. The van der Waals surface area contributed by atoms with Crippen LogP contribution in [-0.4, -0.2) is 76.2 Å². The average Bonchev–Trinajstić information content (AvgIpc) is 3.44. The van der Waals surface area contributed by atoms with Gasteiger partial charge in [-0.2, -0.15) is 5.26 Å². The van der Waals surface area contributed by atoms with Crippen LogP contribution in [0.25, 0.3) is 0 Å². The molecule has 1 aromatic rings. The highest BCUT2D eigenvalue weighted by Crippen LogP contribution is 2.33. The molecule has 0 radical (unpaired) electrons. The van der Waals surface area contributed by atoms with Crippen molar-refractivity contribution in [1.29, 1.82) is 5.26 Å². The molecule has 1 aromatic carbocycles. The summed E-state index contributed by atoms with van der Waals surface area (Å²) in [5, 5.41) is 9.20. The van der Waals surface area contributed by atoms with Crippen LogP contribution in [0.2, 0.25) is 0 Å². The molecule has 3 saturated heterocycles. The van der Waals surface area contributed by atoms with E-state index in [1.54, 1.807) is 17.0 Å². The first kappa shape index (κ1) is 20.3. The average molecular weight is 410 g/mol. The van der Waals surface area contributed by atoms with E-state index in [0.717, 1.165) is 18.4 Å². The van der Waals surface area contributed by atoms with Gasteiger partial charge in [-0.05, 0) is 37.0 Å². The number of fused-ring (bicyclic) bond motifs is 2. The second-order valence-corrected chi connectivity index (χ2v) is 8.31. The molecular weight excluding hydrogens is 384 g/mol. The minimum atomic E-state index is -0.735. The van der Waals surface area contributed by atoms with Crippen molar-refractivity contribution in [3.8, 4) is 6.07 Å². The molecule has 3 amide bonds. The molecule has 4 atom stereocenters. The van der Waals surface area contributed by atoms with Crippen molar-refractivity contribution in [2.75, 3.05) is 19.6 Å². The van der Waals surface area contributed by atoms with Crippen molar-refractivity contribution >= 4 is 17.7 Å². The maximum Gasteiger partial charge on any atom is 0.248 e. The van der Waals surface area contributed by atoms with Gasteiger partial charge in [0.1, 0.15) is 6.04 Å². The van der Waals surface area contributed by atoms with Crippen molar-refractivity contribution in [2.45, 2.75) is 50.0 Å². The Balaban J connectivity index is 1.35. The van der Waals surface area contributed by atoms with E-state index in [-0.39, 0.29) is 23.9 Å². The van der Waals surface area contributed by atoms with Crippen molar-refractivity contribution in [2.24, 2.45) is 11.5 Å². The van der Waals surface area contributed by atoms with Gasteiger partial charge in [0.05, 0.1) is 18.2 Å². The summed E-state index contributed by atoms with van der Waals surface area (Å²) in [4.78, 5) is 42.2. The summed E-state index contributed by atoms with van der Waals surface area (Å²) < 4.78 is 0. The number of benzene rings is 1. The van der Waals surface area contributed by atoms with Gasteiger partial charge in [-0.3, -0.25) is 19.3 Å². The van der Waals surface area contributed by atoms with Gasteiger partial charge < -0.3 is 21.3 Å². The molecule has 30 heavy (non-hydrogen) atoms. The van der Waals surface area contributed by atoms with Gasteiger partial charge >= 0.3 is 0 Å². The van der Waals surface area contributed by atoms with Crippen LogP contribution in [0.15, 0.2) is 24.3 Å². The predicted octanol–water partition coefficient (Wildman–Crippen LogP) is -0.588. The van der Waals surface area contributed by atoms with Crippen LogP contribution in [0, 0.1) is 11.3 Å². The molecule has 3 heterocycles. The number of nitrogens with two attached hydrogens (primary N) is 2. The minimum absolute atomic E-state index is 0.0425. The zero-order chi connectivity index (χ0) is 21.4. The van der Waals surface area contributed by atoms with E-state index < -0.39 is 18.0 Å². The van der Waals surface area contributed by atoms with E-state index in [2.05, 4.69) is 6.07 Å². The lowest BCUT2D eigenvalue weighted by Crippen LogP contribution is -2.56. The summed E-state index contributed by atoms with van der Waals surface area (Å²) in [5.74, 6) is -0.643. The lowest BCUT2D eigenvalue weighted by Gasteiger charge is -2.35. The van der Waals surface area contributed by atoms with E-state index in [9.17, 15) is 19.6 Å². The van der Waals surface area contributed by atoms with Gasteiger partial charge in [-0.15, -0.1) is 0 Å². The second kappa shape index (κ2) is 8.05. The minimum Gasteiger partial charge on any atom is -0.366 e. The Bertz CT molecular complexity index is 895. The van der Waals surface area contributed by atoms with E-state index in [1.165, 1.54) is 0 Å². The van der Waals surface area contributed by atoms with E-state index in [0.29, 0.717) is 38.2 Å². The third-order valence-corrected chi connectivity index (χ3v) is 6.41. The van der Waals surface area contributed by atoms with E-state index in [1.807, 2.05) is 21.9 Å². The monoisotopic (exact) mass is 410 g/mol. The van der Waals surface area contributed by atoms with Gasteiger partial charge in [0, 0.05) is 37.8 Å². The highest BCUT2D eigenvalue weighted by molar-refractivity contribution is 5.92. The second-order valence-electron chi connectivity index (χ2n) is 8.31. The number of primary amides is 1. The maximum atomic E-state index is 12.9. The first-order valence-electron chi connectivity index (χ1n) is 10.3. The van der Waals surface area contributed by atoms with Gasteiger partial charge in [-0.1, -0.05) is 12.1 Å². The molecule has 3 fully saturated rings. The highest BCUT2D eigenvalue weighted by atomic mass is 16.2. The fourth-order valence-electron chi connectivity index (χ4n) is 4.82. The quantitative estimate of drug-likeness (QED) is 0.643. The van der Waals surface area contributed by atoms with Crippen molar-refractivity contribution < 1.29 is 14.4 Å². The van der Waals surface area contributed by atoms with E-state index >= 15 is 0 Å².